The minimum atomic E-state index is 0.203. The minimum absolute atomic E-state index is 0.203. The molecule has 17 heavy (non-hydrogen) atoms. The number of benzene rings is 1. The summed E-state index contributed by atoms with van der Waals surface area (Å²) in [5, 5.41) is 2.13. The van der Waals surface area contributed by atoms with E-state index < -0.39 is 0 Å². The summed E-state index contributed by atoms with van der Waals surface area (Å²) in [4.78, 5) is 8.58. The number of nitrogens with zero attached hydrogens (tertiary/aromatic N) is 2. The van der Waals surface area contributed by atoms with E-state index in [1.54, 1.807) is 18.1 Å². The molecule has 2 N–H and O–H groups in total. The Labute approximate surface area is 106 Å². The fourth-order valence-corrected chi connectivity index (χ4v) is 2.65. The molecule has 2 rings (SSSR count). The van der Waals surface area contributed by atoms with E-state index in [1.165, 1.54) is 0 Å². The quantitative estimate of drug-likeness (QED) is 0.666. The first-order valence-electron chi connectivity index (χ1n) is 5.76. The fraction of sp³-hybridized carbons (Fsp3) is 0.385. The maximum absolute atomic E-state index is 6.04. The van der Waals surface area contributed by atoms with E-state index in [2.05, 4.69) is 29.9 Å². The first-order chi connectivity index (χ1) is 8.18. The van der Waals surface area contributed by atoms with Gasteiger partial charge in [-0.15, -0.1) is 11.8 Å². The van der Waals surface area contributed by atoms with Gasteiger partial charge in [-0.2, -0.15) is 0 Å². The Morgan fingerprint density at radius 2 is 2.00 bits per heavy atom. The van der Waals surface area contributed by atoms with Crippen LogP contribution >= 0.6 is 11.8 Å². The van der Waals surface area contributed by atoms with Crippen molar-refractivity contribution < 1.29 is 0 Å². The van der Waals surface area contributed by atoms with Gasteiger partial charge < -0.3 is 5.73 Å². The Balaban J connectivity index is 2.19. The van der Waals surface area contributed by atoms with Crippen LogP contribution in [-0.2, 0) is 0 Å². The molecule has 0 radical (unpaired) electrons. The van der Waals surface area contributed by atoms with Crippen LogP contribution in [0.5, 0.6) is 0 Å². The summed E-state index contributed by atoms with van der Waals surface area (Å²) in [6, 6.07) is 8.26. The summed E-state index contributed by atoms with van der Waals surface area (Å²) in [7, 11) is 0. The summed E-state index contributed by atoms with van der Waals surface area (Å²) in [5.74, 6) is 1.38. The second kappa shape index (κ2) is 5.47. The molecular weight excluding hydrogens is 230 g/mol. The first kappa shape index (κ1) is 12.3. The lowest BCUT2D eigenvalue weighted by atomic mass is 10.1. The van der Waals surface area contributed by atoms with Crippen molar-refractivity contribution in [2.45, 2.75) is 24.9 Å². The average molecular weight is 247 g/mol. The Morgan fingerprint density at radius 3 is 2.76 bits per heavy atom. The van der Waals surface area contributed by atoms with Crippen molar-refractivity contribution in [1.29, 1.82) is 0 Å². The SMILES string of the molecule is CC(C)C(N)CSc1ncnc2ccccc12. The van der Waals surface area contributed by atoms with Crippen molar-refractivity contribution in [3.63, 3.8) is 0 Å². The lowest BCUT2D eigenvalue weighted by molar-refractivity contribution is 0.535. The third-order valence-corrected chi connectivity index (χ3v) is 3.93. The van der Waals surface area contributed by atoms with Gasteiger partial charge in [0.15, 0.2) is 0 Å². The van der Waals surface area contributed by atoms with Crippen LogP contribution in [0.2, 0.25) is 0 Å². The molecule has 0 aliphatic heterocycles. The Bertz CT molecular complexity index is 493. The van der Waals surface area contributed by atoms with Crippen molar-refractivity contribution in [2.24, 2.45) is 11.7 Å². The highest BCUT2D eigenvalue weighted by atomic mass is 32.2. The molecule has 1 aromatic carbocycles. The summed E-state index contributed by atoms with van der Waals surface area (Å²) in [6.45, 7) is 4.28. The molecule has 0 amide bonds. The molecule has 1 atom stereocenters. The summed E-state index contributed by atoms with van der Waals surface area (Å²) < 4.78 is 0. The molecule has 0 aliphatic carbocycles. The monoisotopic (exact) mass is 247 g/mol. The molecule has 1 heterocycles. The van der Waals surface area contributed by atoms with Gasteiger partial charge in [-0.25, -0.2) is 9.97 Å². The molecule has 3 nitrogen and oxygen atoms in total. The van der Waals surface area contributed by atoms with Gasteiger partial charge in [0.25, 0.3) is 0 Å². The Hall–Kier alpha value is -1.13. The molecular formula is C13H17N3S. The second-order valence-corrected chi connectivity index (χ2v) is 5.42. The first-order valence-corrected chi connectivity index (χ1v) is 6.75. The molecule has 4 heteroatoms. The molecule has 0 aliphatic rings. The van der Waals surface area contributed by atoms with E-state index in [-0.39, 0.29) is 6.04 Å². The zero-order valence-corrected chi connectivity index (χ0v) is 10.9. The zero-order valence-electron chi connectivity index (χ0n) is 10.1. The third-order valence-electron chi connectivity index (χ3n) is 2.78. The normalized spacial score (nSPS) is 13.2. The summed E-state index contributed by atoms with van der Waals surface area (Å²) in [5.41, 5.74) is 7.03. The number of hydrogen-bond acceptors (Lipinski definition) is 4. The van der Waals surface area contributed by atoms with Crippen LogP contribution in [0, 0.1) is 5.92 Å². The summed E-state index contributed by atoms with van der Waals surface area (Å²) in [6.07, 6.45) is 1.62. The highest BCUT2D eigenvalue weighted by Crippen LogP contribution is 2.25. The van der Waals surface area contributed by atoms with Crippen molar-refractivity contribution in [3.8, 4) is 0 Å². The van der Waals surface area contributed by atoms with Crippen molar-refractivity contribution >= 4 is 22.7 Å². The standard InChI is InChI=1S/C13H17N3S/c1-9(2)11(14)7-17-13-10-5-3-4-6-12(10)15-8-16-13/h3-6,8-9,11H,7,14H2,1-2H3. The Morgan fingerprint density at radius 1 is 1.24 bits per heavy atom. The van der Waals surface area contributed by atoms with Gasteiger partial charge in [-0.3, -0.25) is 0 Å². The van der Waals surface area contributed by atoms with Crippen LogP contribution in [0.4, 0.5) is 0 Å². The van der Waals surface area contributed by atoms with Crippen LogP contribution in [0.1, 0.15) is 13.8 Å². The molecule has 2 aromatic rings. The fourth-order valence-electron chi connectivity index (χ4n) is 1.46. The summed E-state index contributed by atoms with van der Waals surface area (Å²) >= 11 is 1.71. The predicted molar refractivity (Wildman–Crippen MR) is 73.1 cm³/mol. The Kier molecular flexibility index (Phi) is 3.97. The topological polar surface area (TPSA) is 51.8 Å². The van der Waals surface area contributed by atoms with E-state index >= 15 is 0 Å². The molecule has 0 spiro atoms. The van der Waals surface area contributed by atoms with Gasteiger partial charge in [0, 0.05) is 17.2 Å². The molecule has 0 fully saturated rings. The predicted octanol–water partition coefficient (Wildman–Crippen LogP) is 2.71. The van der Waals surface area contributed by atoms with E-state index in [1.807, 2.05) is 18.2 Å². The maximum atomic E-state index is 6.04. The molecule has 0 bridgehead atoms. The maximum Gasteiger partial charge on any atom is 0.117 e. The molecule has 90 valence electrons. The largest absolute Gasteiger partial charge is 0.327 e. The minimum Gasteiger partial charge on any atom is -0.327 e. The van der Waals surface area contributed by atoms with Crippen LogP contribution < -0.4 is 5.73 Å². The van der Waals surface area contributed by atoms with Gasteiger partial charge >= 0.3 is 0 Å². The lowest BCUT2D eigenvalue weighted by Crippen LogP contribution is -2.28. The van der Waals surface area contributed by atoms with Crippen LogP contribution in [0.15, 0.2) is 35.6 Å². The number of fused-ring (bicyclic) bond motifs is 1. The number of hydrogen-bond donors (Lipinski definition) is 1. The number of rotatable bonds is 4. The van der Waals surface area contributed by atoms with Crippen molar-refractivity contribution in [3.05, 3.63) is 30.6 Å². The molecule has 0 saturated carbocycles. The van der Waals surface area contributed by atoms with E-state index in [0.717, 1.165) is 21.7 Å². The number of aromatic nitrogens is 2. The van der Waals surface area contributed by atoms with Gasteiger partial charge in [-0.1, -0.05) is 32.0 Å². The van der Waals surface area contributed by atoms with E-state index in [0.29, 0.717) is 5.92 Å². The third kappa shape index (κ3) is 2.96. The van der Waals surface area contributed by atoms with E-state index in [9.17, 15) is 0 Å². The number of thioether (sulfide) groups is 1. The molecule has 0 saturated heterocycles. The van der Waals surface area contributed by atoms with Crippen LogP contribution in [0.25, 0.3) is 10.9 Å². The van der Waals surface area contributed by atoms with Gasteiger partial charge in [-0.05, 0) is 12.0 Å². The number of para-hydroxylation sites is 1. The average Bonchev–Trinajstić information content (AvgIpc) is 2.35. The van der Waals surface area contributed by atoms with Gasteiger partial charge in [0.2, 0.25) is 0 Å². The molecule has 1 unspecified atom stereocenters. The van der Waals surface area contributed by atoms with Gasteiger partial charge in [0.1, 0.15) is 11.4 Å². The van der Waals surface area contributed by atoms with Gasteiger partial charge in [0.05, 0.1) is 5.52 Å². The number of nitrogens with two attached hydrogens (primary N) is 1. The van der Waals surface area contributed by atoms with Crippen LogP contribution in [0.3, 0.4) is 0 Å². The highest BCUT2D eigenvalue weighted by Gasteiger charge is 2.10. The highest BCUT2D eigenvalue weighted by molar-refractivity contribution is 7.99. The smallest absolute Gasteiger partial charge is 0.117 e. The zero-order chi connectivity index (χ0) is 12.3. The van der Waals surface area contributed by atoms with E-state index in [4.69, 9.17) is 5.73 Å². The lowest BCUT2D eigenvalue weighted by Gasteiger charge is -2.14. The van der Waals surface area contributed by atoms with Crippen molar-refractivity contribution in [2.75, 3.05) is 5.75 Å². The van der Waals surface area contributed by atoms with Crippen LogP contribution in [-0.4, -0.2) is 21.8 Å². The second-order valence-electron chi connectivity index (χ2n) is 4.41. The molecule has 1 aromatic heterocycles. The van der Waals surface area contributed by atoms with Crippen molar-refractivity contribution in [1.82, 2.24) is 9.97 Å².